The van der Waals surface area contributed by atoms with E-state index in [1.54, 1.807) is 4.90 Å². The van der Waals surface area contributed by atoms with Crippen LogP contribution < -0.4 is 9.64 Å². The lowest BCUT2D eigenvalue weighted by Gasteiger charge is -2.32. The van der Waals surface area contributed by atoms with Crippen LogP contribution in [0.25, 0.3) is 0 Å². The van der Waals surface area contributed by atoms with Crippen molar-refractivity contribution in [1.29, 1.82) is 0 Å². The van der Waals surface area contributed by atoms with Gasteiger partial charge in [-0.1, -0.05) is 18.2 Å². The summed E-state index contributed by atoms with van der Waals surface area (Å²) >= 11 is 0. The van der Waals surface area contributed by atoms with E-state index in [-0.39, 0.29) is 24.1 Å². The van der Waals surface area contributed by atoms with Crippen LogP contribution in [-0.2, 0) is 13.0 Å². The minimum atomic E-state index is -0.993. The molecular formula is C26H26F2N4O2. The average Bonchev–Trinajstić information content (AvgIpc) is 2.86. The van der Waals surface area contributed by atoms with Crippen LogP contribution in [0.4, 0.5) is 14.7 Å². The smallest absolute Gasteiger partial charge is 0.254 e. The van der Waals surface area contributed by atoms with Crippen LogP contribution in [0.2, 0.25) is 0 Å². The zero-order valence-corrected chi connectivity index (χ0v) is 19.1. The highest BCUT2D eigenvalue weighted by atomic mass is 19.2. The SMILES string of the molecule is Cc1ccccc1C(=O)N1CCc2nc(N3CCCCC3)nc(Oc3ccc(F)c(F)c3)c2C1. The molecule has 0 bridgehead atoms. The Labute approximate surface area is 197 Å². The van der Waals surface area contributed by atoms with Crippen molar-refractivity contribution in [2.24, 2.45) is 0 Å². The topological polar surface area (TPSA) is 58.6 Å². The second kappa shape index (κ2) is 9.37. The number of nitrogens with zero attached hydrogens (tertiary/aromatic N) is 4. The predicted molar refractivity (Wildman–Crippen MR) is 124 cm³/mol. The maximum Gasteiger partial charge on any atom is 0.254 e. The number of anilines is 1. The summed E-state index contributed by atoms with van der Waals surface area (Å²) in [5.41, 5.74) is 3.08. The van der Waals surface area contributed by atoms with Crippen molar-refractivity contribution in [3.8, 4) is 11.6 Å². The molecule has 2 aromatic carbocycles. The molecule has 34 heavy (non-hydrogen) atoms. The average molecular weight is 465 g/mol. The van der Waals surface area contributed by atoms with Crippen LogP contribution >= 0.6 is 0 Å². The van der Waals surface area contributed by atoms with Gasteiger partial charge in [-0.2, -0.15) is 4.98 Å². The van der Waals surface area contributed by atoms with Gasteiger partial charge in [0.05, 0.1) is 17.8 Å². The Balaban J connectivity index is 1.50. The molecule has 0 atom stereocenters. The largest absolute Gasteiger partial charge is 0.438 e. The van der Waals surface area contributed by atoms with E-state index in [1.165, 1.54) is 12.5 Å². The minimum Gasteiger partial charge on any atom is -0.438 e. The van der Waals surface area contributed by atoms with E-state index >= 15 is 0 Å². The number of ether oxygens (including phenoxy) is 1. The molecule has 2 aliphatic heterocycles. The Bertz CT molecular complexity index is 1230. The van der Waals surface area contributed by atoms with Crippen molar-refractivity contribution >= 4 is 11.9 Å². The highest BCUT2D eigenvalue weighted by molar-refractivity contribution is 5.95. The third-order valence-electron chi connectivity index (χ3n) is 6.42. The lowest BCUT2D eigenvalue weighted by molar-refractivity contribution is 0.0731. The van der Waals surface area contributed by atoms with Gasteiger partial charge in [0.2, 0.25) is 11.8 Å². The number of amides is 1. The van der Waals surface area contributed by atoms with Gasteiger partial charge in [-0.25, -0.2) is 13.8 Å². The predicted octanol–water partition coefficient (Wildman–Crippen LogP) is 5.04. The molecule has 1 amide bonds. The van der Waals surface area contributed by atoms with E-state index < -0.39 is 11.6 Å². The first-order chi connectivity index (χ1) is 16.5. The van der Waals surface area contributed by atoms with Crippen molar-refractivity contribution < 1.29 is 18.3 Å². The highest BCUT2D eigenvalue weighted by Crippen LogP contribution is 2.33. The number of carbonyl (C=O) groups excluding carboxylic acids is 1. The number of aryl methyl sites for hydroxylation is 1. The molecule has 0 radical (unpaired) electrons. The van der Waals surface area contributed by atoms with Crippen molar-refractivity contribution in [3.63, 3.8) is 0 Å². The quantitative estimate of drug-likeness (QED) is 0.541. The first kappa shape index (κ1) is 22.3. The van der Waals surface area contributed by atoms with Crippen molar-refractivity contribution in [2.45, 2.75) is 39.2 Å². The van der Waals surface area contributed by atoms with Gasteiger partial charge < -0.3 is 14.5 Å². The van der Waals surface area contributed by atoms with Crippen LogP contribution in [0.1, 0.15) is 46.4 Å². The Hall–Kier alpha value is -3.55. The van der Waals surface area contributed by atoms with Gasteiger partial charge in [0.25, 0.3) is 5.91 Å². The number of halogens is 2. The summed E-state index contributed by atoms with van der Waals surface area (Å²) in [6, 6.07) is 10.9. The number of benzene rings is 2. The lowest BCUT2D eigenvalue weighted by atomic mass is 10.0. The summed E-state index contributed by atoms with van der Waals surface area (Å²) in [6.07, 6.45) is 3.87. The van der Waals surface area contributed by atoms with Crippen LogP contribution in [0.3, 0.4) is 0 Å². The van der Waals surface area contributed by atoms with Gasteiger partial charge >= 0.3 is 0 Å². The highest BCUT2D eigenvalue weighted by Gasteiger charge is 2.29. The molecule has 0 N–H and O–H groups in total. The van der Waals surface area contributed by atoms with Gasteiger partial charge in [-0.3, -0.25) is 4.79 Å². The van der Waals surface area contributed by atoms with Crippen LogP contribution in [0, 0.1) is 18.6 Å². The van der Waals surface area contributed by atoms with Gasteiger partial charge in [0, 0.05) is 37.7 Å². The molecule has 1 aromatic heterocycles. The molecule has 1 fully saturated rings. The monoisotopic (exact) mass is 464 g/mol. The normalized spacial score (nSPS) is 15.7. The number of piperidine rings is 1. The van der Waals surface area contributed by atoms with Crippen LogP contribution in [0.15, 0.2) is 42.5 Å². The fourth-order valence-corrected chi connectivity index (χ4v) is 4.50. The first-order valence-electron chi connectivity index (χ1n) is 11.6. The molecule has 2 aliphatic rings. The van der Waals surface area contributed by atoms with E-state index in [0.29, 0.717) is 30.0 Å². The number of rotatable bonds is 4. The third-order valence-corrected chi connectivity index (χ3v) is 6.42. The van der Waals surface area contributed by atoms with Crippen molar-refractivity contribution in [1.82, 2.24) is 14.9 Å². The van der Waals surface area contributed by atoms with Gasteiger partial charge in [-0.05, 0) is 49.9 Å². The Morgan fingerprint density at radius 1 is 0.971 bits per heavy atom. The number of hydrogen-bond donors (Lipinski definition) is 0. The summed E-state index contributed by atoms with van der Waals surface area (Å²) < 4.78 is 33.3. The second-order valence-corrected chi connectivity index (χ2v) is 8.77. The summed E-state index contributed by atoms with van der Waals surface area (Å²) in [5, 5.41) is 0. The van der Waals surface area contributed by atoms with Gasteiger partial charge in [0.1, 0.15) is 5.75 Å². The Morgan fingerprint density at radius 3 is 2.53 bits per heavy atom. The number of carbonyl (C=O) groups is 1. The molecule has 6 nitrogen and oxygen atoms in total. The molecule has 3 aromatic rings. The fraction of sp³-hybridized carbons (Fsp3) is 0.346. The lowest BCUT2D eigenvalue weighted by Crippen LogP contribution is -2.38. The minimum absolute atomic E-state index is 0.0670. The number of aromatic nitrogens is 2. The molecule has 176 valence electrons. The van der Waals surface area contributed by atoms with E-state index in [4.69, 9.17) is 9.72 Å². The van der Waals surface area contributed by atoms with E-state index in [1.807, 2.05) is 31.2 Å². The van der Waals surface area contributed by atoms with Crippen molar-refractivity contribution in [3.05, 3.63) is 76.5 Å². The molecule has 0 saturated carbocycles. The zero-order chi connectivity index (χ0) is 23.7. The molecule has 0 aliphatic carbocycles. The maximum absolute atomic E-state index is 13.8. The first-order valence-corrected chi connectivity index (χ1v) is 11.6. The van der Waals surface area contributed by atoms with E-state index in [2.05, 4.69) is 9.88 Å². The number of hydrogen-bond acceptors (Lipinski definition) is 5. The Morgan fingerprint density at radius 2 is 1.76 bits per heavy atom. The standard InChI is InChI=1S/C26H26F2N4O2/c1-17-7-3-4-8-19(17)25(33)32-14-11-23-20(16-32)24(34-18-9-10-21(27)22(28)15-18)30-26(29-23)31-12-5-2-6-13-31/h3-4,7-10,15H,2,5-6,11-14,16H2,1H3. The molecule has 5 rings (SSSR count). The Kier molecular flexibility index (Phi) is 6.13. The molecule has 1 saturated heterocycles. The maximum atomic E-state index is 13.8. The zero-order valence-electron chi connectivity index (χ0n) is 19.1. The van der Waals surface area contributed by atoms with Crippen LogP contribution in [0.5, 0.6) is 11.6 Å². The molecule has 0 spiro atoms. The van der Waals surface area contributed by atoms with Gasteiger partial charge in [-0.15, -0.1) is 0 Å². The molecular weight excluding hydrogens is 438 g/mol. The molecule has 0 unspecified atom stereocenters. The fourth-order valence-electron chi connectivity index (χ4n) is 4.50. The summed E-state index contributed by atoms with van der Waals surface area (Å²) in [7, 11) is 0. The van der Waals surface area contributed by atoms with Gasteiger partial charge in [0.15, 0.2) is 11.6 Å². The molecule has 8 heteroatoms. The summed E-state index contributed by atoms with van der Waals surface area (Å²) in [4.78, 5) is 26.6. The van der Waals surface area contributed by atoms with E-state index in [0.717, 1.165) is 49.3 Å². The second-order valence-electron chi connectivity index (χ2n) is 8.77. The summed E-state index contributed by atoms with van der Waals surface area (Å²) in [5.74, 6) is -1.00. The van der Waals surface area contributed by atoms with E-state index in [9.17, 15) is 13.6 Å². The molecule has 3 heterocycles. The summed E-state index contributed by atoms with van der Waals surface area (Å²) in [6.45, 7) is 4.45. The number of fused-ring (bicyclic) bond motifs is 1. The van der Waals surface area contributed by atoms with Crippen molar-refractivity contribution in [2.75, 3.05) is 24.5 Å². The van der Waals surface area contributed by atoms with Crippen LogP contribution in [-0.4, -0.2) is 40.4 Å². The third kappa shape index (κ3) is 4.44.